The lowest BCUT2D eigenvalue weighted by atomic mass is 10.1. The van der Waals surface area contributed by atoms with Crippen LogP contribution in [0.5, 0.6) is 11.5 Å². The summed E-state index contributed by atoms with van der Waals surface area (Å²) in [6.45, 7) is 3.19. The molecule has 2 aromatic rings. The molecule has 8 nitrogen and oxygen atoms in total. The lowest BCUT2D eigenvalue weighted by Gasteiger charge is -2.10. The Kier molecular flexibility index (Phi) is 7.99. The molecule has 0 unspecified atom stereocenters. The van der Waals surface area contributed by atoms with Gasteiger partial charge in [-0.1, -0.05) is 18.2 Å². The molecule has 2 aromatic carbocycles. The molecule has 0 saturated carbocycles. The monoisotopic (exact) mass is 412 g/mol. The number of imide groups is 1. The predicted molar refractivity (Wildman–Crippen MR) is 113 cm³/mol. The first-order chi connectivity index (χ1) is 14.3. The van der Waals surface area contributed by atoms with Gasteiger partial charge in [0.05, 0.1) is 14.2 Å². The zero-order valence-electron chi connectivity index (χ0n) is 17.3. The normalized spacial score (nSPS) is 10.4. The van der Waals surface area contributed by atoms with Gasteiger partial charge in [0.15, 0.2) is 18.1 Å². The summed E-state index contributed by atoms with van der Waals surface area (Å²) in [5.74, 6) is -0.393. The molecule has 2 N–H and O–H groups in total. The van der Waals surface area contributed by atoms with Crippen molar-refractivity contribution in [2.75, 3.05) is 26.1 Å². The largest absolute Gasteiger partial charge is 0.493 e. The molecule has 0 aliphatic rings. The highest BCUT2D eigenvalue weighted by atomic mass is 16.5. The van der Waals surface area contributed by atoms with Crippen molar-refractivity contribution in [1.29, 1.82) is 0 Å². The predicted octanol–water partition coefficient (Wildman–Crippen LogP) is 3.23. The highest BCUT2D eigenvalue weighted by Gasteiger charge is 2.11. The van der Waals surface area contributed by atoms with Crippen LogP contribution >= 0.6 is 0 Å². The Hall–Kier alpha value is -3.81. The molecule has 0 aliphatic heterocycles. The third-order valence-electron chi connectivity index (χ3n) is 4.27. The van der Waals surface area contributed by atoms with E-state index in [1.165, 1.54) is 26.4 Å². The first-order valence-electron chi connectivity index (χ1n) is 9.08. The van der Waals surface area contributed by atoms with Crippen LogP contribution in [0, 0.1) is 13.8 Å². The number of anilines is 1. The summed E-state index contributed by atoms with van der Waals surface area (Å²) >= 11 is 0. The van der Waals surface area contributed by atoms with E-state index in [2.05, 4.69) is 10.6 Å². The Balaban J connectivity index is 1.82. The smallest absolute Gasteiger partial charge is 0.331 e. The van der Waals surface area contributed by atoms with Gasteiger partial charge < -0.3 is 19.5 Å². The topological polar surface area (TPSA) is 103 Å². The molecule has 3 amide bonds. The number of hydrogen-bond acceptors (Lipinski definition) is 6. The molecular formula is C22H24N2O6. The maximum Gasteiger partial charge on any atom is 0.331 e. The molecule has 0 spiro atoms. The third-order valence-corrected chi connectivity index (χ3v) is 4.27. The highest BCUT2D eigenvalue weighted by molar-refractivity contribution is 6.02. The van der Waals surface area contributed by atoms with Gasteiger partial charge in [-0.15, -0.1) is 0 Å². The van der Waals surface area contributed by atoms with Crippen LogP contribution in [-0.2, 0) is 14.3 Å². The first-order valence-corrected chi connectivity index (χ1v) is 9.08. The van der Waals surface area contributed by atoms with E-state index in [0.717, 1.165) is 11.1 Å². The van der Waals surface area contributed by atoms with Gasteiger partial charge in [0, 0.05) is 11.8 Å². The Morgan fingerprint density at radius 2 is 1.73 bits per heavy atom. The molecule has 0 bridgehead atoms. The Morgan fingerprint density at radius 1 is 1.00 bits per heavy atom. The van der Waals surface area contributed by atoms with Gasteiger partial charge in [-0.2, -0.15) is 0 Å². The Morgan fingerprint density at radius 3 is 2.43 bits per heavy atom. The Labute approximate surface area is 174 Å². The molecule has 0 atom stereocenters. The number of carbonyl (C=O) groups is 3. The van der Waals surface area contributed by atoms with Crippen molar-refractivity contribution in [1.82, 2.24) is 5.32 Å². The van der Waals surface area contributed by atoms with Crippen molar-refractivity contribution in [3.63, 3.8) is 0 Å². The number of rotatable bonds is 7. The summed E-state index contributed by atoms with van der Waals surface area (Å²) in [6.07, 6.45) is 2.68. The van der Waals surface area contributed by atoms with Crippen molar-refractivity contribution in [3.8, 4) is 11.5 Å². The number of ether oxygens (including phenoxy) is 3. The molecule has 0 aromatic heterocycles. The second-order valence-corrected chi connectivity index (χ2v) is 6.31. The van der Waals surface area contributed by atoms with E-state index in [0.29, 0.717) is 22.7 Å². The van der Waals surface area contributed by atoms with Crippen molar-refractivity contribution in [3.05, 3.63) is 59.2 Å². The maximum absolute atomic E-state index is 11.9. The van der Waals surface area contributed by atoms with Crippen LogP contribution in [0.3, 0.4) is 0 Å². The van der Waals surface area contributed by atoms with E-state index in [4.69, 9.17) is 14.2 Å². The number of hydrogen-bond donors (Lipinski definition) is 2. The summed E-state index contributed by atoms with van der Waals surface area (Å²) in [5.41, 5.74) is 3.18. The average Bonchev–Trinajstić information content (AvgIpc) is 2.73. The molecule has 30 heavy (non-hydrogen) atoms. The molecule has 2 rings (SSSR count). The second-order valence-electron chi connectivity index (χ2n) is 6.31. The van der Waals surface area contributed by atoms with Crippen molar-refractivity contribution in [2.24, 2.45) is 0 Å². The SMILES string of the molecule is COc1ccc(/C=C/C(=O)OCC(=O)NC(=O)Nc2cccc(C)c2C)cc1OC. The lowest BCUT2D eigenvalue weighted by molar-refractivity contribution is -0.143. The number of benzene rings is 2. The van der Waals surface area contributed by atoms with E-state index in [1.54, 1.807) is 30.3 Å². The summed E-state index contributed by atoms with van der Waals surface area (Å²) < 4.78 is 15.2. The fourth-order valence-corrected chi connectivity index (χ4v) is 2.51. The minimum Gasteiger partial charge on any atom is -0.493 e. The molecule has 0 fully saturated rings. The first kappa shape index (κ1) is 22.5. The standard InChI is InChI=1S/C22H24N2O6/c1-14-6-5-7-17(15(14)2)23-22(27)24-20(25)13-30-21(26)11-9-16-8-10-18(28-3)19(12-16)29-4/h5-12H,13H2,1-4H3,(H2,23,24,25,27)/b11-9+. The molecule has 0 heterocycles. The highest BCUT2D eigenvalue weighted by Crippen LogP contribution is 2.27. The zero-order chi connectivity index (χ0) is 22.1. The number of nitrogens with one attached hydrogen (secondary N) is 2. The van der Waals surface area contributed by atoms with Crippen LogP contribution in [-0.4, -0.2) is 38.7 Å². The lowest BCUT2D eigenvalue weighted by Crippen LogP contribution is -2.37. The van der Waals surface area contributed by atoms with Crippen LogP contribution in [0.2, 0.25) is 0 Å². The van der Waals surface area contributed by atoms with E-state index in [1.807, 2.05) is 19.9 Å². The van der Waals surface area contributed by atoms with Crippen LogP contribution in [0.15, 0.2) is 42.5 Å². The summed E-state index contributed by atoms with van der Waals surface area (Å²) in [5, 5.41) is 4.70. The van der Waals surface area contributed by atoms with Crippen LogP contribution in [0.1, 0.15) is 16.7 Å². The second kappa shape index (κ2) is 10.7. The van der Waals surface area contributed by atoms with E-state index < -0.39 is 24.5 Å². The van der Waals surface area contributed by atoms with E-state index in [9.17, 15) is 14.4 Å². The zero-order valence-corrected chi connectivity index (χ0v) is 17.3. The molecule has 0 saturated heterocycles. The van der Waals surface area contributed by atoms with E-state index in [-0.39, 0.29) is 0 Å². The van der Waals surface area contributed by atoms with Crippen molar-refractivity contribution < 1.29 is 28.6 Å². The van der Waals surface area contributed by atoms with Gasteiger partial charge in [0.2, 0.25) is 0 Å². The summed E-state index contributed by atoms with van der Waals surface area (Å²) in [7, 11) is 3.03. The van der Waals surface area contributed by atoms with Crippen LogP contribution in [0.25, 0.3) is 6.08 Å². The van der Waals surface area contributed by atoms with Gasteiger partial charge >= 0.3 is 12.0 Å². The van der Waals surface area contributed by atoms with Crippen LogP contribution in [0.4, 0.5) is 10.5 Å². The number of methoxy groups -OCH3 is 2. The molecular weight excluding hydrogens is 388 g/mol. The summed E-state index contributed by atoms with van der Waals surface area (Å²) in [4.78, 5) is 35.6. The van der Waals surface area contributed by atoms with Crippen LogP contribution < -0.4 is 20.1 Å². The van der Waals surface area contributed by atoms with E-state index >= 15 is 0 Å². The average molecular weight is 412 g/mol. The molecule has 0 aliphatic carbocycles. The maximum atomic E-state index is 11.9. The number of carbonyl (C=O) groups excluding carboxylic acids is 3. The fraction of sp³-hybridized carbons (Fsp3) is 0.227. The quantitative estimate of drug-likeness (QED) is 0.535. The summed E-state index contributed by atoms with van der Waals surface area (Å²) in [6, 6.07) is 9.86. The number of urea groups is 1. The number of esters is 1. The fourth-order valence-electron chi connectivity index (χ4n) is 2.51. The molecule has 158 valence electrons. The third kappa shape index (κ3) is 6.37. The van der Waals surface area contributed by atoms with Gasteiger partial charge in [0.1, 0.15) is 0 Å². The van der Waals surface area contributed by atoms with Gasteiger partial charge in [0.25, 0.3) is 5.91 Å². The molecule has 8 heteroatoms. The molecule has 0 radical (unpaired) electrons. The van der Waals surface area contributed by atoms with Gasteiger partial charge in [-0.05, 0) is 54.8 Å². The van der Waals surface area contributed by atoms with Gasteiger partial charge in [-0.25, -0.2) is 9.59 Å². The van der Waals surface area contributed by atoms with Crippen molar-refractivity contribution >= 4 is 29.7 Å². The minimum atomic E-state index is -0.745. The minimum absolute atomic E-state index is 0.516. The van der Waals surface area contributed by atoms with Crippen molar-refractivity contribution in [2.45, 2.75) is 13.8 Å². The Bertz CT molecular complexity index is 968. The number of amides is 3. The van der Waals surface area contributed by atoms with Gasteiger partial charge in [-0.3, -0.25) is 10.1 Å². The number of aryl methyl sites for hydroxylation is 1.